The number of aromatic nitrogens is 2. The van der Waals surface area contributed by atoms with Crippen molar-refractivity contribution in [2.75, 3.05) is 13.7 Å². The topological polar surface area (TPSA) is 114 Å². The summed E-state index contributed by atoms with van der Waals surface area (Å²) in [5.41, 5.74) is 0.818. The van der Waals surface area contributed by atoms with Crippen LogP contribution >= 0.6 is 0 Å². The predicted molar refractivity (Wildman–Crippen MR) is 81.9 cm³/mol. The first kappa shape index (κ1) is 17.1. The van der Waals surface area contributed by atoms with Crippen molar-refractivity contribution in [3.8, 4) is 5.69 Å². The fourth-order valence-corrected chi connectivity index (χ4v) is 2.05. The summed E-state index contributed by atoms with van der Waals surface area (Å²) in [4.78, 5) is 33.6. The summed E-state index contributed by atoms with van der Waals surface area (Å²) in [6, 6.07) is 6.98. The van der Waals surface area contributed by atoms with E-state index in [4.69, 9.17) is 4.74 Å². The van der Waals surface area contributed by atoms with Crippen molar-refractivity contribution in [2.45, 2.75) is 13.3 Å². The lowest BCUT2D eigenvalue weighted by molar-refractivity contribution is -0.384. The van der Waals surface area contributed by atoms with E-state index < -0.39 is 16.9 Å². The zero-order chi connectivity index (χ0) is 17.7. The van der Waals surface area contributed by atoms with Crippen molar-refractivity contribution in [3.63, 3.8) is 0 Å². The molecule has 0 aliphatic rings. The second-order valence-corrected chi connectivity index (χ2v) is 4.68. The van der Waals surface area contributed by atoms with Crippen LogP contribution in [-0.2, 0) is 20.7 Å². The molecule has 2 aromatic rings. The van der Waals surface area contributed by atoms with E-state index in [0.717, 1.165) is 0 Å². The molecule has 0 spiro atoms. The molecule has 0 N–H and O–H groups in total. The molecule has 2 rings (SSSR count). The summed E-state index contributed by atoms with van der Waals surface area (Å²) in [5.74, 6) is -1.13. The van der Waals surface area contributed by atoms with Gasteiger partial charge in [0.15, 0.2) is 5.69 Å². The molecule has 0 bridgehead atoms. The molecule has 0 saturated carbocycles. The number of benzene rings is 1. The molecule has 0 atom stereocenters. The van der Waals surface area contributed by atoms with Crippen LogP contribution < -0.4 is 0 Å². The highest BCUT2D eigenvalue weighted by molar-refractivity contribution is 5.87. The van der Waals surface area contributed by atoms with Gasteiger partial charge in [0.05, 0.1) is 36.4 Å². The van der Waals surface area contributed by atoms with Crippen molar-refractivity contribution in [3.05, 3.63) is 51.8 Å². The number of ether oxygens (including phenoxy) is 2. The number of hydrogen-bond donors (Lipinski definition) is 0. The number of esters is 2. The Balaban J connectivity index is 2.41. The number of nitro groups is 1. The molecule has 0 aliphatic heterocycles. The van der Waals surface area contributed by atoms with Crippen LogP contribution in [0.15, 0.2) is 30.3 Å². The van der Waals surface area contributed by atoms with Gasteiger partial charge in [-0.15, -0.1) is 0 Å². The molecule has 1 aromatic carbocycles. The molecule has 0 saturated heterocycles. The van der Waals surface area contributed by atoms with Gasteiger partial charge in [0.1, 0.15) is 0 Å². The number of hydrogen-bond acceptors (Lipinski definition) is 7. The lowest BCUT2D eigenvalue weighted by atomic mass is 10.2. The molecular weight excluding hydrogens is 318 g/mol. The first-order valence-electron chi connectivity index (χ1n) is 7.04. The molecule has 126 valence electrons. The van der Waals surface area contributed by atoms with Crippen LogP contribution in [0.1, 0.15) is 23.1 Å². The Labute approximate surface area is 136 Å². The Kier molecular flexibility index (Phi) is 5.25. The van der Waals surface area contributed by atoms with Crippen molar-refractivity contribution < 1.29 is 24.0 Å². The molecular formula is C15H15N3O6. The van der Waals surface area contributed by atoms with Crippen molar-refractivity contribution in [1.82, 2.24) is 9.78 Å². The highest BCUT2D eigenvalue weighted by atomic mass is 16.6. The number of rotatable bonds is 6. The quantitative estimate of drug-likeness (QED) is 0.449. The Morgan fingerprint density at radius 2 is 1.96 bits per heavy atom. The van der Waals surface area contributed by atoms with Gasteiger partial charge in [0.25, 0.3) is 5.69 Å². The fourth-order valence-electron chi connectivity index (χ4n) is 2.05. The first-order valence-corrected chi connectivity index (χ1v) is 7.04. The van der Waals surface area contributed by atoms with Crippen LogP contribution in [0.4, 0.5) is 5.69 Å². The fraction of sp³-hybridized carbons (Fsp3) is 0.267. The average molecular weight is 333 g/mol. The minimum atomic E-state index is -0.652. The van der Waals surface area contributed by atoms with Crippen molar-refractivity contribution >= 4 is 17.6 Å². The number of non-ortho nitro benzene ring substituents is 1. The summed E-state index contributed by atoms with van der Waals surface area (Å²) in [6.07, 6.45) is -0.102. The van der Waals surface area contributed by atoms with Gasteiger partial charge in [-0.3, -0.25) is 14.9 Å². The highest BCUT2D eigenvalue weighted by Crippen LogP contribution is 2.18. The molecule has 0 aliphatic carbocycles. The maximum Gasteiger partial charge on any atom is 0.358 e. The molecule has 0 fully saturated rings. The van der Waals surface area contributed by atoms with E-state index in [1.54, 1.807) is 6.92 Å². The van der Waals surface area contributed by atoms with E-state index in [1.807, 2.05) is 0 Å². The van der Waals surface area contributed by atoms with E-state index in [0.29, 0.717) is 11.4 Å². The lowest BCUT2D eigenvalue weighted by Crippen LogP contribution is -2.11. The SMILES string of the molecule is CCOC(=O)Cc1cc(C(=O)OC)nn1-c1ccc([N+](=O)[O-])cc1. The zero-order valence-corrected chi connectivity index (χ0v) is 13.1. The van der Waals surface area contributed by atoms with Crippen LogP contribution in [-0.4, -0.2) is 40.4 Å². The van der Waals surface area contributed by atoms with Gasteiger partial charge in [-0.25, -0.2) is 9.48 Å². The monoisotopic (exact) mass is 333 g/mol. The minimum Gasteiger partial charge on any atom is -0.466 e. The summed E-state index contributed by atoms with van der Waals surface area (Å²) in [6.45, 7) is 1.92. The minimum absolute atomic E-state index is 0.0233. The van der Waals surface area contributed by atoms with Crippen LogP contribution in [0.25, 0.3) is 5.69 Å². The average Bonchev–Trinajstić information content (AvgIpc) is 2.98. The number of nitro benzene ring substituents is 1. The number of carbonyl (C=O) groups excluding carboxylic acids is 2. The Morgan fingerprint density at radius 1 is 1.29 bits per heavy atom. The van der Waals surface area contributed by atoms with Gasteiger partial charge in [0.2, 0.25) is 0 Å². The third-order valence-electron chi connectivity index (χ3n) is 3.11. The van der Waals surface area contributed by atoms with E-state index in [9.17, 15) is 19.7 Å². The second-order valence-electron chi connectivity index (χ2n) is 4.68. The van der Waals surface area contributed by atoms with Gasteiger partial charge in [-0.05, 0) is 25.1 Å². The van der Waals surface area contributed by atoms with Gasteiger partial charge in [-0.2, -0.15) is 5.10 Å². The van der Waals surface area contributed by atoms with E-state index in [1.165, 1.54) is 42.1 Å². The van der Waals surface area contributed by atoms with E-state index in [2.05, 4.69) is 9.84 Å². The predicted octanol–water partition coefficient (Wildman–Crippen LogP) is 1.67. The van der Waals surface area contributed by atoms with Gasteiger partial charge in [-0.1, -0.05) is 0 Å². The Hall–Kier alpha value is -3.23. The van der Waals surface area contributed by atoms with Gasteiger partial charge >= 0.3 is 11.9 Å². The Bertz CT molecular complexity index is 766. The highest BCUT2D eigenvalue weighted by Gasteiger charge is 2.19. The molecule has 0 unspecified atom stereocenters. The lowest BCUT2D eigenvalue weighted by Gasteiger charge is -2.07. The molecule has 0 radical (unpaired) electrons. The number of nitrogens with zero attached hydrogens (tertiary/aromatic N) is 3. The molecule has 0 amide bonds. The summed E-state index contributed by atoms with van der Waals surface area (Å²) in [7, 11) is 1.22. The summed E-state index contributed by atoms with van der Waals surface area (Å²) in [5, 5.41) is 14.8. The van der Waals surface area contributed by atoms with Gasteiger partial charge < -0.3 is 9.47 Å². The van der Waals surface area contributed by atoms with Crippen LogP contribution in [0.2, 0.25) is 0 Å². The molecule has 1 heterocycles. The summed E-state index contributed by atoms with van der Waals surface area (Å²) < 4.78 is 10.9. The van der Waals surface area contributed by atoms with E-state index >= 15 is 0 Å². The van der Waals surface area contributed by atoms with Crippen LogP contribution in [0.5, 0.6) is 0 Å². The van der Waals surface area contributed by atoms with Gasteiger partial charge in [0, 0.05) is 12.1 Å². The normalized spacial score (nSPS) is 10.2. The number of methoxy groups -OCH3 is 1. The van der Waals surface area contributed by atoms with Crippen LogP contribution in [0, 0.1) is 10.1 Å². The van der Waals surface area contributed by atoms with Crippen LogP contribution in [0.3, 0.4) is 0 Å². The number of carbonyl (C=O) groups is 2. The Morgan fingerprint density at radius 3 is 2.50 bits per heavy atom. The van der Waals surface area contributed by atoms with E-state index in [-0.39, 0.29) is 24.4 Å². The maximum absolute atomic E-state index is 11.7. The standard InChI is InChI=1S/C15H15N3O6/c1-3-24-14(19)9-12-8-13(15(20)23-2)16-17(12)10-4-6-11(7-5-10)18(21)22/h4-8H,3,9H2,1-2H3. The maximum atomic E-state index is 11.7. The third-order valence-corrected chi connectivity index (χ3v) is 3.11. The zero-order valence-electron chi connectivity index (χ0n) is 13.1. The molecule has 1 aromatic heterocycles. The molecule has 9 heteroatoms. The molecule has 9 nitrogen and oxygen atoms in total. The third kappa shape index (κ3) is 3.75. The smallest absolute Gasteiger partial charge is 0.358 e. The second kappa shape index (κ2) is 7.36. The molecule has 24 heavy (non-hydrogen) atoms. The largest absolute Gasteiger partial charge is 0.466 e. The first-order chi connectivity index (χ1) is 11.5. The summed E-state index contributed by atoms with van der Waals surface area (Å²) >= 11 is 0. The van der Waals surface area contributed by atoms with Crippen molar-refractivity contribution in [1.29, 1.82) is 0 Å². The van der Waals surface area contributed by atoms with Crippen molar-refractivity contribution in [2.24, 2.45) is 0 Å².